The minimum Gasteiger partial charge on any atom is -0.325 e. The number of likely N-dealkylation sites (tertiary alicyclic amines) is 1. The summed E-state index contributed by atoms with van der Waals surface area (Å²) in [6.07, 6.45) is 1.33. The van der Waals surface area contributed by atoms with Gasteiger partial charge in [-0.15, -0.1) is 11.3 Å². The third-order valence-electron chi connectivity index (χ3n) is 4.63. The molecule has 1 amide bonds. The van der Waals surface area contributed by atoms with Crippen LogP contribution < -0.4 is 10.0 Å². The van der Waals surface area contributed by atoms with Crippen molar-refractivity contribution < 1.29 is 13.2 Å². The van der Waals surface area contributed by atoms with Crippen LogP contribution in [0.1, 0.15) is 19.8 Å². The Bertz CT molecular complexity index is 879. The maximum Gasteiger partial charge on any atom is 0.250 e. The highest BCUT2D eigenvalue weighted by molar-refractivity contribution is 7.91. The first-order chi connectivity index (χ1) is 12.8. The van der Waals surface area contributed by atoms with Crippen molar-refractivity contribution in [1.29, 1.82) is 0 Å². The van der Waals surface area contributed by atoms with Crippen LogP contribution in [-0.4, -0.2) is 44.4 Å². The summed E-state index contributed by atoms with van der Waals surface area (Å²) in [5, 5.41) is 5.19. The van der Waals surface area contributed by atoms with E-state index < -0.39 is 10.0 Å². The Morgan fingerprint density at radius 1 is 1.26 bits per heavy atom. The van der Waals surface area contributed by atoms with E-state index >= 15 is 0 Å². The summed E-state index contributed by atoms with van der Waals surface area (Å²) in [6, 6.07) is 9.94. The largest absolute Gasteiger partial charge is 0.325 e. The number of hydrogen-bond donors (Lipinski definition) is 2. The van der Waals surface area contributed by atoms with Crippen molar-refractivity contribution in [2.45, 2.75) is 36.1 Å². The summed E-state index contributed by atoms with van der Waals surface area (Å²) in [6.45, 7) is 3.17. The molecule has 0 radical (unpaired) electrons. The molecule has 1 atom stereocenters. The molecule has 1 aliphatic rings. The number of hydrogen-bond acceptors (Lipinski definition) is 5. The monoisotopic (exact) mass is 427 g/mol. The molecule has 0 spiro atoms. The highest BCUT2D eigenvalue weighted by Crippen LogP contribution is 2.20. The molecule has 0 aliphatic carbocycles. The number of rotatable bonds is 6. The zero-order valence-electron chi connectivity index (χ0n) is 14.9. The van der Waals surface area contributed by atoms with Gasteiger partial charge in [-0.25, -0.2) is 13.1 Å². The maximum absolute atomic E-state index is 12.5. The quantitative estimate of drug-likeness (QED) is 0.742. The highest BCUT2D eigenvalue weighted by Gasteiger charge is 2.29. The first kappa shape index (κ1) is 20.3. The van der Waals surface area contributed by atoms with Gasteiger partial charge in [0.25, 0.3) is 0 Å². The molecule has 146 valence electrons. The van der Waals surface area contributed by atoms with Gasteiger partial charge >= 0.3 is 0 Å². The van der Waals surface area contributed by atoms with Crippen molar-refractivity contribution >= 4 is 44.6 Å². The smallest absolute Gasteiger partial charge is 0.250 e. The van der Waals surface area contributed by atoms with Crippen molar-refractivity contribution in [2.75, 3.05) is 18.4 Å². The van der Waals surface area contributed by atoms with Gasteiger partial charge in [-0.05, 0) is 49.4 Å². The van der Waals surface area contributed by atoms with Gasteiger partial charge in [-0.1, -0.05) is 23.7 Å². The first-order valence-electron chi connectivity index (χ1n) is 8.71. The predicted octanol–water partition coefficient (Wildman–Crippen LogP) is 3.17. The van der Waals surface area contributed by atoms with Crippen LogP contribution in [0.4, 0.5) is 5.69 Å². The van der Waals surface area contributed by atoms with Crippen molar-refractivity contribution in [2.24, 2.45) is 0 Å². The minimum atomic E-state index is -3.46. The number of benzene rings is 1. The van der Waals surface area contributed by atoms with Gasteiger partial charge in [-0.3, -0.25) is 9.69 Å². The number of sulfonamides is 1. The van der Waals surface area contributed by atoms with Crippen molar-refractivity contribution in [1.82, 2.24) is 9.62 Å². The molecule has 6 nitrogen and oxygen atoms in total. The lowest BCUT2D eigenvalue weighted by molar-refractivity contribution is -0.121. The number of thiophene rings is 1. The molecule has 27 heavy (non-hydrogen) atoms. The van der Waals surface area contributed by atoms with Crippen LogP contribution in [-0.2, 0) is 14.8 Å². The molecule has 1 aliphatic heterocycles. The van der Waals surface area contributed by atoms with Gasteiger partial charge in [-0.2, -0.15) is 0 Å². The zero-order chi connectivity index (χ0) is 19.4. The van der Waals surface area contributed by atoms with E-state index in [1.165, 1.54) is 11.3 Å². The molecule has 1 aromatic carbocycles. The molecule has 2 aromatic rings. The highest BCUT2D eigenvalue weighted by atomic mass is 35.5. The molecule has 1 fully saturated rings. The molecule has 2 N–H and O–H groups in total. The lowest BCUT2D eigenvalue weighted by Crippen LogP contribution is -2.50. The predicted molar refractivity (Wildman–Crippen MR) is 109 cm³/mol. The fraction of sp³-hybridized carbons (Fsp3) is 0.389. The Balaban J connectivity index is 1.51. The number of carbonyl (C=O) groups excluding carboxylic acids is 1. The number of carbonyl (C=O) groups is 1. The third-order valence-corrected chi connectivity index (χ3v) is 7.78. The van der Waals surface area contributed by atoms with E-state index in [9.17, 15) is 13.2 Å². The summed E-state index contributed by atoms with van der Waals surface area (Å²) >= 11 is 7.15. The van der Waals surface area contributed by atoms with Gasteiger partial charge in [0, 0.05) is 29.8 Å². The van der Waals surface area contributed by atoms with E-state index in [0.29, 0.717) is 40.9 Å². The number of amides is 1. The standard InChI is InChI=1S/C18H22ClN3O3S2/c1-13(18(23)20-16-5-2-4-14(19)12-16)22-9-7-15(8-10-22)21-27(24,25)17-6-3-11-26-17/h2-6,11-13,15,21H,7-10H2,1H3,(H,20,23)/t13-/m0/s1. The summed E-state index contributed by atoms with van der Waals surface area (Å²) < 4.78 is 27.8. The second-order valence-corrected chi connectivity index (χ2v) is 9.86. The van der Waals surface area contributed by atoms with E-state index in [2.05, 4.69) is 14.9 Å². The third kappa shape index (κ3) is 5.30. The number of nitrogens with one attached hydrogen (secondary N) is 2. The van der Waals surface area contributed by atoms with Gasteiger partial charge < -0.3 is 5.32 Å². The second-order valence-electron chi connectivity index (χ2n) is 6.54. The van der Waals surface area contributed by atoms with Gasteiger partial charge in [0.1, 0.15) is 4.21 Å². The first-order valence-corrected chi connectivity index (χ1v) is 11.5. The Morgan fingerprint density at radius 2 is 2.00 bits per heavy atom. The molecule has 0 saturated carbocycles. The Labute approximate surface area is 168 Å². The van der Waals surface area contributed by atoms with Crippen LogP contribution in [0.5, 0.6) is 0 Å². The average Bonchev–Trinajstić information content (AvgIpc) is 3.17. The summed E-state index contributed by atoms with van der Waals surface area (Å²) in [5.41, 5.74) is 0.665. The molecule has 0 bridgehead atoms. The molecular weight excluding hydrogens is 406 g/mol. The lowest BCUT2D eigenvalue weighted by Gasteiger charge is -2.35. The van der Waals surface area contributed by atoms with E-state index in [1.807, 2.05) is 6.92 Å². The van der Waals surface area contributed by atoms with Crippen LogP contribution in [0.2, 0.25) is 5.02 Å². The second kappa shape index (κ2) is 8.70. The molecule has 1 saturated heterocycles. The fourth-order valence-corrected chi connectivity index (χ4v) is 5.58. The van der Waals surface area contributed by atoms with Gasteiger partial charge in [0.2, 0.25) is 15.9 Å². The Hall–Kier alpha value is -1.45. The number of anilines is 1. The fourth-order valence-electron chi connectivity index (χ4n) is 3.08. The van der Waals surface area contributed by atoms with E-state index in [1.54, 1.807) is 41.8 Å². The molecule has 2 heterocycles. The molecule has 1 aromatic heterocycles. The molecule has 3 rings (SSSR count). The Kier molecular flexibility index (Phi) is 6.54. The van der Waals surface area contributed by atoms with Crippen LogP contribution in [0.3, 0.4) is 0 Å². The molecule has 9 heteroatoms. The van der Waals surface area contributed by atoms with Crippen molar-refractivity contribution in [3.05, 3.63) is 46.8 Å². The SMILES string of the molecule is C[C@@H](C(=O)Nc1cccc(Cl)c1)N1CCC(NS(=O)(=O)c2cccs2)CC1. The summed E-state index contributed by atoms with van der Waals surface area (Å²) in [4.78, 5) is 14.5. The van der Waals surface area contributed by atoms with Gasteiger partial charge in [0.15, 0.2) is 0 Å². The van der Waals surface area contributed by atoms with Gasteiger partial charge in [0.05, 0.1) is 6.04 Å². The Morgan fingerprint density at radius 3 is 2.63 bits per heavy atom. The zero-order valence-corrected chi connectivity index (χ0v) is 17.3. The van der Waals surface area contributed by atoms with Crippen molar-refractivity contribution in [3.63, 3.8) is 0 Å². The van der Waals surface area contributed by atoms with E-state index in [0.717, 1.165) is 0 Å². The topological polar surface area (TPSA) is 78.5 Å². The number of halogens is 1. The van der Waals surface area contributed by atoms with Crippen LogP contribution >= 0.6 is 22.9 Å². The summed E-state index contributed by atoms with van der Waals surface area (Å²) in [5.74, 6) is -0.102. The van der Waals surface area contributed by atoms with Crippen LogP contribution in [0.25, 0.3) is 0 Å². The van der Waals surface area contributed by atoms with E-state index in [4.69, 9.17) is 11.6 Å². The summed E-state index contributed by atoms with van der Waals surface area (Å²) in [7, 11) is -3.46. The molecular formula is C18H22ClN3O3S2. The normalized spacial score (nSPS) is 17.6. The lowest BCUT2D eigenvalue weighted by atomic mass is 10.0. The number of nitrogens with zero attached hydrogens (tertiary/aromatic N) is 1. The van der Waals surface area contributed by atoms with E-state index in [-0.39, 0.29) is 18.0 Å². The van der Waals surface area contributed by atoms with Crippen molar-refractivity contribution in [3.8, 4) is 0 Å². The molecule has 0 unspecified atom stereocenters. The van der Waals surface area contributed by atoms with Crippen LogP contribution in [0, 0.1) is 0 Å². The average molecular weight is 428 g/mol. The minimum absolute atomic E-state index is 0.102. The van der Waals surface area contributed by atoms with Crippen LogP contribution in [0.15, 0.2) is 46.0 Å². The maximum atomic E-state index is 12.5. The number of piperidine rings is 1.